The van der Waals surface area contributed by atoms with E-state index in [0.29, 0.717) is 5.56 Å². The van der Waals surface area contributed by atoms with Crippen LogP contribution in [0.2, 0.25) is 0 Å². The summed E-state index contributed by atoms with van der Waals surface area (Å²) in [5.74, 6) is 0.0505. The van der Waals surface area contributed by atoms with Crippen molar-refractivity contribution in [1.29, 1.82) is 0 Å². The Morgan fingerprint density at radius 3 is 2.58 bits per heavy atom. The van der Waals surface area contributed by atoms with E-state index in [-0.39, 0.29) is 5.76 Å². The molecule has 0 bridgehead atoms. The highest BCUT2D eigenvalue weighted by molar-refractivity contribution is 6.53. The van der Waals surface area contributed by atoms with Crippen LogP contribution in [0.5, 0.6) is 0 Å². The van der Waals surface area contributed by atoms with E-state index in [9.17, 15) is 8.63 Å². The zero-order chi connectivity index (χ0) is 13.5. The van der Waals surface area contributed by atoms with Gasteiger partial charge in [0.05, 0.1) is 0 Å². The summed E-state index contributed by atoms with van der Waals surface area (Å²) in [6.45, 7) is 1.51. The molecule has 3 rings (SSSR count). The predicted molar refractivity (Wildman–Crippen MR) is 70.2 cm³/mol. The van der Waals surface area contributed by atoms with E-state index in [2.05, 4.69) is 15.4 Å². The second kappa shape index (κ2) is 4.30. The average molecular weight is 260 g/mol. The van der Waals surface area contributed by atoms with Crippen LogP contribution < -0.4 is 0 Å². The Morgan fingerprint density at radius 1 is 1.11 bits per heavy atom. The van der Waals surface area contributed by atoms with Gasteiger partial charge in [-0.1, -0.05) is 24.3 Å². The van der Waals surface area contributed by atoms with Crippen molar-refractivity contribution in [3.63, 3.8) is 0 Å². The minimum Gasteiger partial charge on any atom is -0.601 e. The fraction of sp³-hybridized carbons (Fsp3) is 0.143. The summed E-state index contributed by atoms with van der Waals surface area (Å²) in [5.41, 5.74) is 0.579. The van der Waals surface area contributed by atoms with Crippen LogP contribution in [-0.4, -0.2) is 13.2 Å². The zero-order valence-corrected chi connectivity index (χ0v) is 10.3. The maximum Gasteiger partial charge on any atom is 0.668 e. The van der Waals surface area contributed by atoms with Crippen molar-refractivity contribution in [3.8, 4) is 0 Å². The van der Waals surface area contributed by atoms with Gasteiger partial charge in [-0.2, -0.15) is 0 Å². The van der Waals surface area contributed by atoms with Crippen molar-refractivity contribution in [2.24, 2.45) is 0 Å². The summed E-state index contributed by atoms with van der Waals surface area (Å²) >= 11 is 0. The molecule has 0 aliphatic carbocycles. The van der Waals surface area contributed by atoms with Gasteiger partial charge in [0, 0.05) is 17.5 Å². The van der Waals surface area contributed by atoms with Gasteiger partial charge in [-0.3, -0.25) is 0 Å². The molecular formula is C14H11BF2O2. The second-order valence-corrected chi connectivity index (χ2v) is 4.47. The normalized spacial score (nSPS) is 21.4. The molecule has 2 aromatic carbocycles. The monoisotopic (exact) mass is 260 g/mol. The molecule has 0 amide bonds. The van der Waals surface area contributed by atoms with Crippen LogP contribution in [0.1, 0.15) is 12.5 Å². The summed E-state index contributed by atoms with van der Waals surface area (Å²) in [6, 6.07) is 13.1. The van der Waals surface area contributed by atoms with Gasteiger partial charge in [-0.05, 0) is 18.4 Å². The lowest BCUT2D eigenvalue weighted by Gasteiger charge is -2.29. The molecule has 1 aliphatic heterocycles. The second-order valence-electron chi connectivity index (χ2n) is 4.47. The predicted octanol–water partition coefficient (Wildman–Crippen LogP) is 3.79. The number of rotatable bonds is 1. The minimum absolute atomic E-state index is 0.0505. The number of fused-ring (bicyclic) bond motifs is 1. The van der Waals surface area contributed by atoms with Crippen molar-refractivity contribution >= 4 is 23.6 Å². The van der Waals surface area contributed by atoms with Crippen LogP contribution in [0.3, 0.4) is 0 Å². The first-order chi connectivity index (χ1) is 9.03. The molecule has 0 saturated carbocycles. The largest absolute Gasteiger partial charge is 0.668 e. The maximum absolute atomic E-state index is 13.3. The number of hydrogen-bond acceptors (Lipinski definition) is 2. The Hall–Kier alpha value is -1.97. The van der Waals surface area contributed by atoms with E-state index in [4.69, 9.17) is 0 Å². The highest BCUT2D eigenvalue weighted by Crippen LogP contribution is 2.30. The molecule has 0 spiro atoms. The van der Waals surface area contributed by atoms with Crippen LogP contribution in [-0.2, 0) is 9.31 Å². The van der Waals surface area contributed by atoms with E-state index in [1.54, 1.807) is 6.07 Å². The van der Waals surface area contributed by atoms with Crippen LogP contribution in [0.4, 0.5) is 8.63 Å². The molecule has 1 unspecified atom stereocenters. The van der Waals surface area contributed by atoms with Gasteiger partial charge in [0.15, 0.2) is 11.7 Å². The molecule has 2 aromatic rings. The highest BCUT2D eigenvalue weighted by Gasteiger charge is 2.41. The van der Waals surface area contributed by atoms with Crippen LogP contribution in [0.15, 0.2) is 42.5 Å². The highest BCUT2D eigenvalue weighted by atomic mass is 19.3. The first kappa shape index (κ1) is 12.1. The van der Waals surface area contributed by atoms with E-state index in [1.807, 2.05) is 36.4 Å². The SMILES string of the molecule is CC1[C+]=C(c2ccc3ccccc3c2)O[B-](F)(F)O1. The van der Waals surface area contributed by atoms with Crippen LogP contribution >= 0.6 is 0 Å². The molecule has 1 heterocycles. The zero-order valence-electron chi connectivity index (χ0n) is 10.3. The van der Waals surface area contributed by atoms with Gasteiger partial charge < -0.3 is 17.9 Å². The Labute approximate surface area is 109 Å². The summed E-state index contributed by atoms with van der Waals surface area (Å²) in [7, 11) is -4.26. The third-order valence-electron chi connectivity index (χ3n) is 2.96. The van der Waals surface area contributed by atoms with E-state index < -0.39 is 13.2 Å². The van der Waals surface area contributed by atoms with E-state index >= 15 is 0 Å². The van der Waals surface area contributed by atoms with Gasteiger partial charge in [0.2, 0.25) is 0 Å². The molecule has 0 fully saturated rings. The molecule has 5 heteroatoms. The van der Waals surface area contributed by atoms with E-state index in [1.165, 1.54) is 6.92 Å². The molecule has 2 nitrogen and oxygen atoms in total. The van der Waals surface area contributed by atoms with Crippen molar-refractivity contribution < 1.29 is 17.9 Å². The number of benzene rings is 2. The quantitative estimate of drug-likeness (QED) is 0.573. The Morgan fingerprint density at radius 2 is 1.84 bits per heavy atom. The Kier molecular flexibility index (Phi) is 2.74. The van der Waals surface area contributed by atoms with Gasteiger partial charge in [0.25, 0.3) is 0 Å². The topological polar surface area (TPSA) is 18.5 Å². The molecule has 1 aliphatic rings. The standard InChI is InChI=1S/C14H11BF2O2/c1-10-8-14(19-15(16,17)18-10)13-7-6-11-4-2-3-5-12(11)9-13/h2-7,9-10H,1H3. The summed E-state index contributed by atoms with van der Waals surface area (Å²) in [5, 5.41) is 2.01. The van der Waals surface area contributed by atoms with Crippen LogP contribution in [0, 0.1) is 6.08 Å². The number of hydrogen-bond donors (Lipinski definition) is 0. The Balaban J connectivity index is 2.04. The smallest absolute Gasteiger partial charge is 0.601 e. The summed E-state index contributed by atoms with van der Waals surface area (Å²) in [4.78, 5) is 0. The molecule has 0 N–H and O–H groups in total. The van der Waals surface area contributed by atoms with Crippen molar-refractivity contribution in [1.82, 2.24) is 0 Å². The van der Waals surface area contributed by atoms with Gasteiger partial charge >= 0.3 is 12.9 Å². The first-order valence-electron chi connectivity index (χ1n) is 6.03. The van der Waals surface area contributed by atoms with Crippen LogP contribution in [0.25, 0.3) is 16.5 Å². The first-order valence-corrected chi connectivity index (χ1v) is 6.03. The summed E-state index contributed by atoms with van der Waals surface area (Å²) in [6.07, 6.45) is 1.97. The van der Waals surface area contributed by atoms with Crippen molar-refractivity contribution in [3.05, 3.63) is 54.1 Å². The lowest BCUT2D eigenvalue weighted by molar-refractivity contribution is 0.0905. The van der Waals surface area contributed by atoms with Gasteiger partial charge in [-0.25, -0.2) is 0 Å². The fourth-order valence-corrected chi connectivity index (χ4v) is 2.14. The van der Waals surface area contributed by atoms with Crippen molar-refractivity contribution in [2.75, 3.05) is 0 Å². The van der Waals surface area contributed by atoms with Gasteiger partial charge in [-0.15, -0.1) is 0 Å². The summed E-state index contributed by atoms with van der Waals surface area (Å²) < 4.78 is 35.5. The molecule has 0 radical (unpaired) electrons. The molecule has 0 aromatic heterocycles. The molecular weight excluding hydrogens is 249 g/mol. The average Bonchev–Trinajstić information content (AvgIpc) is 2.36. The van der Waals surface area contributed by atoms with Crippen molar-refractivity contribution in [2.45, 2.75) is 13.0 Å². The molecule has 96 valence electrons. The third-order valence-corrected chi connectivity index (χ3v) is 2.96. The number of halogens is 2. The molecule has 1 atom stereocenters. The third kappa shape index (κ3) is 2.43. The molecule has 0 saturated heterocycles. The lowest BCUT2D eigenvalue weighted by atomic mass is 10.0. The maximum atomic E-state index is 13.3. The Bertz CT molecular complexity index is 655. The van der Waals surface area contributed by atoms with Gasteiger partial charge in [0.1, 0.15) is 6.08 Å². The molecule has 19 heavy (non-hydrogen) atoms. The lowest BCUT2D eigenvalue weighted by Crippen LogP contribution is -2.38. The van der Waals surface area contributed by atoms with E-state index in [0.717, 1.165) is 10.8 Å². The minimum atomic E-state index is -4.26. The fourth-order valence-electron chi connectivity index (χ4n) is 2.14.